The minimum Gasteiger partial charge on any atom is -0.230 e. The summed E-state index contributed by atoms with van der Waals surface area (Å²) in [6, 6.07) is 0. The Morgan fingerprint density at radius 1 is 1.30 bits per heavy atom. The lowest BCUT2D eigenvalue weighted by molar-refractivity contribution is 1.23. The van der Waals surface area contributed by atoms with Gasteiger partial charge in [-0.2, -0.15) is 0 Å². The lowest BCUT2D eigenvalue weighted by Gasteiger charge is -1.77. The minimum absolute atomic E-state index is 0.639. The molecule has 10 heavy (non-hydrogen) atoms. The smallest absolute Gasteiger partial charge is 0.184 e. The van der Waals surface area contributed by atoms with Crippen molar-refractivity contribution in [2.75, 3.05) is 0 Å². The third kappa shape index (κ3) is 2.67. The van der Waals surface area contributed by atoms with Crippen LogP contribution in [0.25, 0.3) is 0 Å². The quantitative estimate of drug-likeness (QED) is 0.592. The van der Waals surface area contributed by atoms with Gasteiger partial charge in [0.1, 0.15) is 0 Å². The topological polar surface area (TPSA) is 12.9 Å². The van der Waals surface area contributed by atoms with Gasteiger partial charge in [-0.25, -0.2) is 4.98 Å². The SMILES string of the molecule is CC.Cc1nc(Cl)sc1C. The molecule has 1 aromatic rings. The Bertz CT molecular complexity index is 176. The van der Waals surface area contributed by atoms with Gasteiger partial charge < -0.3 is 0 Å². The Kier molecular flexibility index (Phi) is 4.65. The summed E-state index contributed by atoms with van der Waals surface area (Å²) in [6.07, 6.45) is 0. The van der Waals surface area contributed by atoms with Gasteiger partial charge in [-0.1, -0.05) is 25.4 Å². The first-order chi connectivity index (χ1) is 4.70. The van der Waals surface area contributed by atoms with E-state index in [-0.39, 0.29) is 0 Å². The second-order valence-corrected chi connectivity index (χ2v) is 3.39. The van der Waals surface area contributed by atoms with Crippen molar-refractivity contribution in [1.29, 1.82) is 0 Å². The van der Waals surface area contributed by atoms with E-state index in [9.17, 15) is 0 Å². The standard InChI is InChI=1S/C5H6ClNS.C2H6/c1-3-4(2)8-5(6)7-3;1-2/h1-2H3;1-2H3. The molecule has 0 bridgehead atoms. The highest BCUT2D eigenvalue weighted by Crippen LogP contribution is 2.20. The lowest BCUT2D eigenvalue weighted by atomic mass is 10.4. The van der Waals surface area contributed by atoms with Crippen LogP contribution in [0.1, 0.15) is 24.4 Å². The predicted molar refractivity (Wildman–Crippen MR) is 47.9 cm³/mol. The number of hydrogen-bond acceptors (Lipinski definition) is 2. The van der Waals surface area contributed by atoms with Gasteiger partial charge in [-0.15, -0.1) is 11.3 Å². The van der Waals surface area contributed by atoms with Crippen LogP contribution in [0.5, 0.6) is 0 Å². The van der Waals surface area contributed by atoms with Gasteiger partial charge >= 0.3 is 0 Å². The number of aromatic nitrogens is 1. The fourth-order valence-electron chi connectivity index (χ4n) is 0.434. The highest BCUT2D eigenvalue weighted by molar-refractivity contribution is 7.15. The van der Waals surface area contributed by atoms with E-state index in [2.05, 4.69) is 4.98 Å². The van der Waals surface area contributed by atoms with Crippen molar-refractivity contribution in [3.8, 4) is 0 Å². The number of rotatable bonds is 0. The van der Waals surface area contributed by atoms with Crippen molar-refractivity contribution >= 4 is 22.9 Å². The van der Waals surface area contributed by atoms with Crippen molar-refractivity contribution in [3.63, 3.8) is 0 Å². The number of hydrogen-bond donors (Lipinski definition) is 0. The maximum absolute atomic E-state index is 5.57. The molecular weight excluding hydrogens is 166 g/mol. The van der Waals surface area contributed by atoms with Crippen LogP contribution in [0, 0.1) is 13.8 Å². The van der Waals surface area contributed by atoms with E-state index in [0.29, 0.717) is 4.47 Å². The van der Waals surface area contributed by atoms with Gasteiger partial charge in [0.2, 0.25) is 0 Å². The second kappa shape index (κ2) is 4.69. The van der Waals surface area contributed by atoms with Crippen LogP contribution in [0.2, 0.25) is 4.47 Å². The van der Waals surface area contributed by atoms with Crippen molar-refractivity contribution in [1.82, 2.24) is 4.98 Å². The molecule has 0 saturated heterocycles. The molecular formula is C7H12ClNS. The van der Waals surface area contributed by atoms with Gasteiger partial charge in [-0.3, -0.25) is 0 Å². The maximum atomic E-state index is 5.57. The average Bonchev–Trinajstić information content (AvgIpc) is 2.16. The zero-order valence-corrected chi connectivity index (χ0v) is 8.31. The Balaban J connectivity index is 0.000000371. The van der Waals surface area contributed by atoms with Crippen LogP contribution >= 0.6 is 22.9 Å². The highest BCUT2D eigenvalue weighted by atomic mass is 35.5. The third-order valence-corrected chi connectivity index (χ3v) is 2.18. The van der Waals surface area contributed by atoms with E-state index in [1.807, 2.05) is 27.7 Å². The molecule has 0 fully saturated rings. The summed E-state index contributed by atoms with van der Waals surface area (Å²) in [5.74, 6) is 0. The number of aryl methyl sites for hydroxylation is 2. The predicted octanol–water partition coefficient (Wildman–Crippen LogP) is 3.44. The summed E-state index contributed by atoms with van der Waals surface area (Å²) in [7, 11) is 0. The normalized spacial score (nSPS) is 8.50. The summed E-state index contributed by atoms with van der Waals surface area (Å²) in [5.41, 5.74) is 1.04. The number of halogens is 1. The van der Waals surface area contributed by atoms with Crippen molar-refractivity contribution in [2.24, 2.45) is 0 Å². The monoisotopic (exact) mass is 177 g/mol. The molecule has 1 aromatic heterocycles. The molecule has 0 saturated carbocycles. The summed E-state index contributed by atoms with van der Waals surface area (Å²) >= 11 is 7.10. The van der Waals surface area contributed by atoms with Crippen LogP contribution in [-0.4, -0.2) is 4.98 Å². The zero-order valence-electron chi connectivity index (χ0n) is 6.73. The molecule has 0 unspecified atom stereocenters. The average molecular weight is 178 g/mol. The number of thiazole rings is 1. The zero-order chi connectivity index (χ0) is 8.15. The highest BCUT2D eigenvalue weighted by Gasteiger charge is 1.97. The molecule has 0 N–H and O–H groups in total. The fraction of sp³-hybridized carbons (Fsp3) is 0.571. The molecule has 0 atom stereocenters. The largest absolute Gasteiger partial charge is 0.230 e. The van der Waals surface area contributed by atoms with Crippen LogP contribution in [0.15, 0.2) is 0 Å². The molecule has 1 heterocycles. The van der Waals surface area contributed by atoms with Crippen molar-refractivity contribution in [3.05, 3.63) is 15.0 Å². The Labute approximate surface area is 71.1 Å². The van der Waals surface area contributed by atoms with Gasteiger partial charge in [0.15, 0.2) is 4.47 Å². The molecule has 1 nitrogen and oxygen atoms in total. The first kappa shape index (κ1) is 9.92. The van der Waals surface area contributed by atoms with Crippen LogP contribution in [-0.2, 0) is 0 Å². The van der Waals surface area contributed by atoms with Gasteiger partial charge in [-0.05, 0) is 13.8 Å². The second-order valence-electron chi connectivity index (χ2n) is 1.61. The maximum Gasteiger partial charge on any atom is 0.184 e. The molecule has 58 valence electrons. The Hall–Kier alpha value is -0.0800. The summed E-state index contributed by atoms with van der Waals surface area (Å²) < 4.78 is 0.639. The van der Waals surface area contributed by atoms with E-state index >= 15 is 0 Å². The summed E-state index contributed by atoms with van der Waals surface area (Å²) in [4.78, 5) is 5.20. The fourth-order valence-corrected chi connectivity index (χ4v) is 1.54. The summed E-state index contributed by atoms with van der Waals surface area (Å²) in [5, 5.41) is 0. The molecule has 0 radical (unpaired) electrons. The van der Waals surface area contributed by atoms with E-state index in [4.69, 9.17) is 11.6 Å². The first-order valence-electron chi connectivity index (χ1n) is 3.29. The van der Waals surface area contributed by atoms with Crippen molar-refractivity contribution in [2.45, 2.75) is 27.7 Å². The molecule has 0 aliphatic carbocycles. The molecule has 0 spiro atoms. The van der Waals surface area contributed by atoms with Gasteiger partial charge in [0, 0.05) is 4.88 Å². The molecule has 0 amide bonds. The lowest BCUT2D eigenvalue weighted by Crippen LogP contribution is -1.69. The summed E-state index contributed by atoms with van der Waals surface area (Å²) in [6.45, 7) is 7.97. The van der Waals surface area contributed by atoms with E-state index in [1.165, 1.54) is 16.2 Å². The van der Waals surface area contributed by atoms with Gasteiger partial charge in [0.05, 0.1) is 5.69 Å². The molecule has 3 heteroatoms. The Morgan fingerprint density at radius 2 is 1.80 bits per heavy atom. The van der Waals surface area contributed by atoms with Crippen LogP contribution in [0.3, 0.4) is 0 Å². The van der Waals surface area contributed by atoms with E-state index < -0.39 is 0 Å². The number of nitrogens with zero attached hydrogens (tertiary/aromatic N) is 1. The van der Waals surface area contributed by atoms with Crippen molar-refractivity contribution < 1.29 is 0 Å². The minimum atomic E-state index is 0.639. The van der Waals surface area contributed by atoms with Crippen LogP contribution < -0.4 is 0 Å². The molecule has 0 aliphatic rings. The van der Waals surface area contributed by atoms with Gasteiger partial charge in [0.25, 0.3) is 0 Å². The van der Waals surface area contributed by atoms with E-state index in [1.54, 1.807) is 0 Å². The first-order valence-corrected chi connectivity index (χ1v) is 4.49. The Morgan fingerprint density at radius 3 is 1.90 bits per heavy atom. The molecule has 0 aliphatic heterocycles. The van der Waals surface area contributed by atoms with E-state index in [0.717, 1.165) is 5.69 Å². The van der Waals surface area contributed by atoms with Crippen LogP contribution in [0.4, 0.5) is 0 Å². The third-order valence-electron chi connectivity index (χ3n) is 1.00. The molecule has 1 rings (SSSR count). The molecule has 0 aromatic carbocycles.